The lowest BCUT2D eigenvalue weighted by Gasteiger charge is -2.15. The van der Waals surface area contributed by atoms with Gasteiger partial charge in [-0.2, -0.15) is 0 Å². The summed E-state index contributed by atoms with van der Waals surface area (Å²) in [4.78, 5) is 0. The van der Waals surface area contributed by atoms with Crippen LogP contribution in [0.3, 0.4) is 0 Å². The Kier molecular flexibility index (Phi) is 2.59. The molecule has 2 aromatic rings. The number of hydrogen-bond donors (Lipinski definition) is 1. The van der Waals surface area contributed by atoms with Crippen LogP contribution < -0.4 is 5.32 Å². The van der Waals surface area contributed by atoms with Crippen molar-refractivity contribution in [3.8, 4) is 0 Å². The minimum atomic E-state index is 0.289. The van der Waals surface area contributed by atoms with Crippen molar-refractivity contribution in [2.24, 2.45) is 16.7 Å². The first kappa shape index (κ1) is 12.7. The summed E-state index contributed by atoms with van der Waals surface area (Å²) >= 11 is 0. The standard InChI is InChI=1S/C17H23NO/c1-16(2)15(17(16,3)4)14(18-5)13-10-11-8-6-7-9-12(11)19-13/h6-10,14-15,18H,1-5H3. The van der Waals surface area contributed by atoms with E-state index < -0.39 is 0 Å². The van der Waals surface area contributed by atoms with Crippen LogP contribution in [0.4, 0.5) is 0 Å². The van der Waals surface area contributed by atoms with Crippen LogP contribution in [0.5, 0.6) is 0 Å². The fraction of sp³-hybridized carbons (Fsp3) is 0.529. The van der Waals surface area contributed by atoms with Crippen molar-refractivity contribution in [1.29, 1.82) is 0 Å². The minimum absolute atomic E-state index is 0.289. The van der Waals surface area contributed by atoms with Crippen molar-refractivity contribution in [3.05, 3.63) is 36.1 Å². The summed E-state index contributed by atoms with van der Waals surface area (Å²) < 4.78 is 6.05. The highest BCUT2D eigenvalue weighted by Gasteiger charge is 2.67. The van der Waals surface area contributed by atoms with Gasteiger partial charge >= 0.3 is 0 Å². The molecule has 0 spiro atoms. The summed E-state index contributed by atoms with van der Waals surface area (Å²) in [5.41, 5.74) is 1.67. The van der Waals surface area contributed by atoms with Gasteiger partial charge in [-0.1, -0.05) is 45.9 Å². The zero-order valence-electron chi connectivity index (χ0n) is 12.4. The third-order valence-electron chi connectivity index (χ3n) is 5.53. The average molecular weight is 257 g/mol. The van der Waals surface area contributed by atoms with Crippen LogP contribution in [-0.4, -0.2) is 7.05 Å². The van der Waals surface area contributed by atoms with E-state index >= 15 is 0 Å². The lowest BCUT2D eigenvalue weighted by molar-refractivity contribution is 0.370. The molecule has 1 atom stereocenters. The zero-order chi connectivity index (χ0) is 13.8. The summed E-state index contributed by atoms with van der Waals surface area (Å²) in [7, 11) is 2.03. The van der Waals surface area contributed by atoms with Gasteiger partial charge in [0.05, 0.1) is 6.04 Å². The van der Waals surface area contributed by atoms with E-state index in [1.807, 2.05) is 19.2 Å². The number of fused-ring (bicyclic) bond motifs is 1. The van der Waals surface area contributed by atoms with E-state index in [-0.39, 0.29) is 6.04 Å². The average Bonchev–Trinajstić information content (AvgIpc) is 2.70. The SMILES string of the molecule is CNC(c1cc2ccccc2o1)C1C(C)(C)C1(C)C. The normalized spacial score (nSPS) is 22.6. The predicted molar refractivity (Wildman–Crippen MR) is 79.1 cm³/mol. The Morgan fingerprint density at radius 2 is 1.74 bits per heavy atom. The van der Waals surface area contributed by atoms with Crippen LogP contribution in [0.15, 0.2) is 34.7 Å². The van der Waals surface area contributed by atoms with Gasteiger partial charge in [0.15, 0.2) is 0 Å². The lowest BCUT2D eigenvalue weighted by Crippen LogP contribution is -2.20. The van der Waals surface area contributed by atoms with Crippen LogP contribution in [-0.2, 0) is 0 Å². The molecule has 0 radical (unpaired) electrons. The largest absolute Gasteiger partial charge is 0.459 e. The van der Waals surface area contributed by atoms with Crippen LogP contribution in [0.25, 0.3) is 11.0 Å². The lowest BCUT2D eigenvalue weighted by atomic mass is 10.0. The fourth-order valence-corrected chi connectivity index (χ4v) is 3.71. The van der Waals surface area contributed by atoms with Gasteiger partial charge in [-0.3, -0.25) is 0 Å². The number of hydrogen-bond acceptors (Lipinski definition) is 2. The molecule has 2 nitrogen and oxygen atoms in total. The Morgan fingerprint density at radius 1 is 1.11 bits per heavy atom. The van der Waals surface area contributed by atoms with Gasteiger partial charge in [0.25, 0.3) is 0 Å². The molecule has 1 aliphatic rings. The van der Waals surface area contributed by atoms with Gasteiger partial charge in [0.2, 0.25) is 0 Å². The van der Waals surface area contributed by atoms with Gasteiger partial charge < -0.3 is 9.73 Å². The molecule has 3 rings (SSSR count). The summed E-state index contributed by atoms with van der Waals surface area (Å²) in [5.74, 6) is 1.66. The molecule has 1 aromatic carbocycles. The number of para-hydroxylation sites is 1. The second-order valence-electron chi connectivity index (χ2n) is 6.87. The van der Waals surface area contributed by atoms with E-state index in [9.17, 15) is 0 Å². The molecule has 0 amide bonds. The Balaban J connectivity index is 2.00. The van der Waals surface area contributed by atoms with Gasteiger partial charge in [0, 0.05) is 5.39 Å². The first-order valence-corrected chi connectivity index (χ1v) is 7.05. The summed E-state index contributed by atoms with van der Waals surface area (Å²) in [6, 6.07) is 10.7. The Labute approximate surface area is 115 Å². The molecule has 1 aromatic heterocycles. The topological polar surface area (TPSA) is 25.2 Å². The molecule has 2 heteroatoms. The molecule has 1 N–H and O–H groups in total. The Bertz CT molecular complexity index is 562. The predicted octanol–water partition coefficient (Wildman–Crippen LogP) is 4.38. The maximum Gasteiger partial charge on any atom is 0.134 e. The van der Waals surface area contributed by atoms with Crippen molar-refractivity contribution in [2.75, 3.05) is 7.05 Å². The molecule has 0 saturated heterocycles. The molecule has 0 bridgehead atoms. The highest BCUT2D eigenvalue weighted by atomic mass is 16.3. The Morgan fingerprint density at radius 3 is 2.26 bits per heavy atom. The molecule has 102 valence electrons. The van der Waals surface area contributed by atoms with E-state index in [0.717, 1.165) is 11.3 Å². The van der Waals surface area contributed by atoms with E-state index in [4.69, 9.17) is 4.42 Å². The van der Waals surface area contributed by atoms with Crippen LogP contribution >= 0.6 is 0 Å². The first-order valence-electron chi connectivity index (χ1n) is 7.05. The number of nitrogens with one attached hydrogen (secondary N) is 1. The van der Waals surface area contributed by atoms with Crippen LogP contribution in [0.2, 0.25) is 0 Å². The first-order chi connectivity index (χ1) is 8.89. The van der Waals surface area contributed by atoms with Gasteiger partial charge in [0.1, 0.15) is 11.3 Å². The van der Waals surface area contributed by atoms with E-state index in [1.54, 1.807) is 0 Å². The molecule has 1 heterocycles. The molecule has 19 heavy (non-hydrogen) atoms. The molecular weight excluding hydrogens is 234 g/mol. The number of rotatable bonds is 3. The molecule has 1 fully saturated rings. The molecule has 1 unspecified atom stereocenters. The van der Waals surface area contributed by atoms with E-state index in [1.165, 1.54) is 5.39 Å². The van der Waals surface area contributed by atoms with Crippen molar-refractivity contribution in [2.45, 2.75) is 33.7 Å². The molecular formula is C17H23NO. The minimum Gasteiger partial charge on any atom is -0.459 e. The smallest absolute Gasteiger partial charge is 0.134 e. The maximum atomic E-state index is 6.05. The van der Waals surface area contributed by atoms with E-state index in [2.05, 4.69) is 51.2 Å². The van der Waals surface area contributed by atoms with Gasteiger partial charge in [-0.25, -0.2) is 0 Å². The van der Waals surface area contributed by atoms with Gasteiger partial charge in [-0.15, -0.1) is 0 Å². The van der Waals surface area contributed by atoms with Crippen molar-refractivity contribution in [1.82, 2.24) is 5.32 Å². The monoisotopic (exact) mass is 257 g/mol. The van der Waals surface area contributed by atoms with E-state index in [0.29, 0.717) is 16.7 Å². The summed E-state index contributed by atoms with van der Waals surface area (Å²) in [5, 5.41) is 4.65. The zero-order valence-corrected chi connectivity index (χ0v) is 12.4. The quantitative estimate of drug-likeness (QED) is 0.883. The molecule has 0 aliphatic heterocycles. The van der Waals surface area contributed by atoms with Gasteiger partial charge in [-0.05, 0) is 35.9 Å². The number of furan rings is 1. The highest BCUT2D eigenvalue weighted by Crippen LogP contribution is 2.72. The summed E-state index contributed by atoms with van der Waals surface area (Å²) in [6.45, 7) is 9.41. The van der Waals surface area contributed by atoms with Crippen LogP contribution in [0, 0.1) is 16.7 Å². The third kappa shape index (κ3) is 1.66. The second-order valence-corrected chi connectivity index (χ2v) is 6.87. The highest BCUT2D eigenvalue weighted by molar-refractivity contribution is 5.77. The van der Waals surface area contributed by atoms with Crippen molar-refractivity contribution in [3.63, 3.8) is 0 Å². The van der Waals surface area contributed by atoms with Crippen molar-refractivity contribution < 1.29 is 4.42 Å². The third-order valence-corrected chi connectivity index (χ3v) is 5.53. The Hall–Kier alpha value is -1.28. The molecule has 1 aliphatic carbocycles. The fourth-order valence-electron chi connectivity index (χ4n) is 3.71. The van der Waals surface area contributed by atoms with Crippen molar-refractivity contribution >= 4 is 11.0 Å². The summed E-state index contributed by atoms with van der Waals surface area (Å²) in [6.07, 6.45) is 0. The molecule has 1 saturated carbocycles. The number of benzene rings is 1. The second kappa shape index (κ2) is 3.86. The maximum absolute atomic E-state index is 6.05. The van der Waals surface area contributed by atoms with Crippen LogP contribution in [0.1, 0.15) is 39.5 Å².